The van der Waals surface area contributed by atoms with Crippen LogP contribution in [0.4, 0.5) is 5.13 Å². The Morgan fingerprint density at radius 1 is 1.33 bits per heavy atom. The number of hydrogen-bond acceptors (Lipinski definition) is 7. The van der Waals surface area contributed by atoms with E-state index >= 15 is 0 Å². The zero-order valence-corrected chi connectivity index (χ0v) is 11.9. The van der Waals surface area contributed by atoms with Gasteiger partial charge in [-0.1, -0.05) is 11.3 Å². The quantitative estimate of drug-likeness (QED) is 0.913. The highest BCUT2D eigenvalue weighted by atomic mass is 32.1. The van der Waals surface area contributed by atoms with Crippen LogP contribution in [0.25, 0.3) is 9.88 Å². The largest absolute Gasteiger partial charge is 0.378 e. The number of thiazole rings is 1. The zero-order valence-electron chi connectivity index (χ0n) is 10.3. The van der Waals surface area contributed by atoms with Crippen molar-refractivity contribution in [3.63, 3.8) is 0 Å². The molecule has 0 atom stereocenters. The molecule has 0 aromatic carbocycles. The second kappa shape index (κ2) is 4.91. The van der Waals surface area contributed by atoms with Crippen LogP contribution in [0.15, 0.2) is 0 Å². The number of nitrogens with zero attached hydrogens (tertiary/aromatic N) is 3. The van der Waals surface area contributed by atoms with Crippen LogP contribution in [-0.4, -0.2) is 29.3 Å². The molecule has 0 amide bonds. The molecule has 2 aromatic rings. The molecule has 1 aliphatic rings. The van der Waals surface area contributed by atoms with E-state index in [4.69, 9.17) is 4.74 Å². The minimum absolute atomic E-state index is 0.572. The van der Waals surface area contributed by atoms with Gasteiger partial charge in [-0.3, -0.25) is 0 Å². The van der Waals surface area contributed by atoms with E-state index in [0.717, 1.165) is 15.1 Å². The van der Waals surface area contributed by atoms with Crippen LogP contribution in [0.2, 0.25) is 0 Å². The maximum absolute atomic E-state index is 5.16. The van der Waals surface area contributed by atoms with Gasteiger partial charge in [-0.15, -0.1) is 21.5 Å². The third kappa shape index (κ3) is 2.25. The lowest BCUT2D eigenvalue weighted by atomic mass is 10.2. The molecule has 0 unspecified atom stereocenters. The van der Waals surface area contributed by atoms with Gasteiger partial charge < -0.3 is 10.1 Å². The van der Waals surface area contributed by atoms with Gasteiger partial charge in [0, 0.05) is 20.1 Å². The first-order valence-corrected chi connectivity index (χ1v) is 7.45. The van der Waals surface area contributed by atoms with Gasteiger partial charge in [-0.2, -0.15) is 0 Å². The topological polar surface area (TPSA) is 59.9 Å². The fourth-order valence-corrected chi connectivity index (χ4v) is 3.66. The van der Waals surface area contributed by atoms with Crippen molar-refractivity contribution in [1.29, 1.82) is 0 Å². The van der Waals surface area contributed by atoms with Crippen molar-refractivity contribution in [3.8, 4) is 9.88 Å². The van der Waals surface area contributed by atoms with Gasteiger partial charge in [0.05, 0.1) is 17.2 Å². The maximum Gasteiger partial charge on any atom is 0.205 e. The summed E-state index contributed by atoms with van der Waals surface area (Å²) < 4.78 is 5.16. The van der Waals surface area contributed by atoms with Crippen molar-refractivity contribution in [2.45, 2.75) is 25.4 Å². The van der Waals surface area contributed by atoms with E-state index in [1.54, 1.807) is 29.8 Å². The highest BCUT2D eigenvalue weighted by molar-refractivity contribution is 7.23. The standard InChI is InChI=1S/C11H14N4OS2/c1-12-11-15-14-10(18-11)9-8(6-3-4-6)13-7(17-9)5-16-2/h6H,3-5H2,1-2H3,(H,12,15). The third-order valence-corrected chi connectivity index (χ3v) is 4.90. The summed E-state index contributed by atoms with van der Waals surface area (Å²) in [5, 5.41) is 14.2. The molecular formula is C11H14N4OS2. The summed E-state index contributed by atoms with van der Waals surface area (Å²) >= 11 is 3.25. The molecule has 0 saturated heterocycles. The Kier molecular flexibility index (Phi) is 3.27. The predicted molar refractivity (Wildman–Crippen MR) is 73.3 cm³/mol. The zero-order chi connectivity index (χ0) is 12.5. The lowest BCUT2D eigenvalue weighted by molar-refractivity contribution is 0.184. The lowest BCUT2D eigenvalue weighted by Gasteiger charge is -1.93. The van der Waals surface area contributed by atoms with Crippen LogP contribution >= 0.6 is 22.7 Å². The average molecular weight is 282 g/mol. The minimum Gasteiger partial charge on any atom is -0.378 e. The summed E-state index contributed by atoms with van der Waals surface area (Å²) in [5.41, 5.74) is 1.19. The summed E-state index contributed by atoms with van der Waals surface area (Å²) in [6.07, 6.45) is 2.47. The molecule has 3 rings (SSSR count). The van der Waals surface area contributed by atoms with Crippen LogP contribution in [0.5, 0.6) is 0 Å². The van der Waals surface area contributed by atoms with Crippen LogP contribution in [-0.2, 0) is 11.3 Å². The van der Waals surface area contributed by atoms with Crippen molar-refractivity contribution in [2.24, 2.45) is 0 Å². The Labute approximate surface area is 113 Å². The number of ether oxygens (including phenoxy) is 1. The smallest absolute Gasteiger partial charge is 0.205 e. The number of anilines is 1. The van der Waals surface area contributed by atoms with E-state index in [9.17, 15) is 0 Å². The average Bonchev–Trinajstić information content (AvgIpc) is 2.96. The molecule has 1 aliphatic carbocycles. The van der Waals surface area contributed by atoms with E-state index < -0.39 is 0 Å². The van der Waals surface area contributed by atoms with Crippen LogP contribution in [0, 0.1) is 0 Å². The van der Waals surface area contributed by atoms with E-state index in [0.29, 0.717) is 12.5 Å². The van der Waals surface area contributed by atoms with Crippen molar-refractivity contribution in [3.05, 3.63) is 10.7 Å². The first-order chi connectivity index (χ1) is 8.81. The number of aromatic nitrogens is 3. The normalized spacial score (nSPS) is 15.0. The highest BCUT2D eigenvalue weighted by Gasteiger charge is 2.31. The summed E-state index contributed by atoms with van der Waals surface area (Å²) in [6.45, 7) is 0.572. The molecule has 0 aliphatic heterocycles. The SMILES string of the molecule is CNc1nnc(-c2sc(COC)nc2C2CC2)s1. The van der Waals surface area contributed by atoms with Gasteiger partial charge in [-0.05, 0) is 12.8 Å². The Morgan fingerprint density at radius 3 is 2.78 bits per heavy atom. The van der Waals surface area contributed by atoms with E-state index in [2.05, 4.69) is 20.5 Å². The van der Waals surface area contributed by atoms with E-state index in [1.807, 2.05) is 7.05 Å². The molecule has 96 valence electrons. The molecule has 0 spiro atoms. The van der Waals surface area contributed by atoms with Gasteiger partial charge in [-0.25, -0.2) is 4.98 Å². The second-order valence-electron chi connectivity index (χ2n) is 4.19. The van der Waals surface area contributed by atoms with Crippen molar-refractivity contribution in [1.82, 2.24) is 15.2 Å². The number of hydrogen-bond donors (Lipinski definition) is 1. The monoisotopic (exact) mass is 282 g/mol. The van der Waals surface area contributed by atoms with Crippen molar-refractivity contribution >= 4 is 27.8 Å². The second-order valence-corrected chi connectivity index (χ2v) is 6.25. The van der Waals surface area contributed by atoms with Crippen LogP contribution in [0.1, 0.15) is 29.5 Å². The summed E-state index contributed by atoms with van der Waals surface area (Å²) in [5.74, 6) is 0.615. The fraction of sp³-hybridized carbons (Fsp3) is 0.545. The number of methoxy groups -OCH3 is 1. The van der Waals surface area contributed by atoms with Gasteiger partial charge in [0.25, 0.3) is 0 Å². The Morgan fingerprint density at radius 2 is 2.17 bits per heavy atom. The maximum atomic E-state index is 5.16. The first kappa shape index (κ1) is 12.0. The Bertz CT molecular complexity index is 547. The molecular weight excluding hydrogens is 268 g/mol. The molecule has 2 aromatic heterocycles. The predicted octanol–water partition coefficient (Wildman–Crippen LogP) is 2.73. The Hall–Kier alpha value is -1.05. The molecule has 5 nitrogen and oxygen atoms in total. The fourth-order valence-electron chi connectivity index (χ4n) is 1.77. The van der Waals surface area contributed by atoms with Gasteiger partial charge in [0.2, 0.25) is 5.13 Å². The van der Waals surface area contributed by atoms with Gasteiger partial charge in [0.1, 0.15) is 5.01 Å². The lowest BCUT2D eigenvalue weighted by Crippen LogP contribution is -1.87. The molecule has 0 bridgehead atoms. The highest BCUT2D eigenvalue weighted by Crippen LogP contribution is 2.46. The summed E-state index contributed by atoms with van der Waals surface area (Å²) in [6, 6.07) is 0. The van der Waals surface area contributed by atoms with Crippen LogP contribution < -0.4 is 5.32 Å². The van der Waals surface area contributed by atoms with Crippen molar-refractivity contribution < 1.29 is 4.74 Å². The third-order valence-electron chi connectivity index (χ3n) is 2.76. The summed E-state index contributed by atoms with van der Waals surface area (Å²) in [4.78, 5) is 5.86. The van der Waals surface area contributed by atoms with Crippen molar-refractivity contribution in [2.75, 3.05) is 19.5 Å². The molecule has 1 saturated carbocycles. The molecule has 2 heterocycles. The number of nitrogens with one attached hydrogen (secondary N) is 1. The minimum atomic E-state index is 0.572. The van der Waals surface area contributed by atoms with Crippen LogP contribution in [0.3, 0.4) is 0 Å². The number of rotatable bonds is 5. The summed E-state index contributed by atoms with van der Waals surface area (Å²) in [7, 11) is 3.55. The first-order valence-electron chi connectivity index (χ1n) is 5.82. The molecule has 18 heavy (non-hydrogen) atoms. The Balaban J connectivity index is 1.97. The molecule has 0 radical (unpaired) electrons. The van der Waals surface area contributed by atoms with Gasteiger partial charge in [0.15, 0.2) is 5.01 Å². The molecule has 1 fully saturated rings. The van der Waals surface area contributed by atoms with Gasteiger partial charge >= 0.3 is 0 Å². The molecule has 1 N–H and O–H groups in total. The van der Waals surface area contributed by atoms with E-state index in [-0.39, 0.29) is 0 Å². The molecule has 7 heteroatoms. The van der Waals surface area contributed by atoms with E-state index in [1.165, 1.54) is 23.4 Å².